The topological polar surface area (TPSA) is 26.3 Å². The maximum absolute atomic E-state index is 9.88. The van der Waals surface area contributed by atoms with Crippen molar-refractivity contribution in [2.45, 2.75) is 18.9 Å². The Bertz CT molecular complexity index is 68.8. The van der Waals surface area contributed by atoms with Gasteiger partial charge in [0.25, 0.3) is 0 Å². The van der Waals surface area contributed by atoms with Crippen molar-refractivity contribution in [1.82, 2.24) is 0 Å². The van der Waals surface area contributed by atoms with Crippen molar-refractivity contribution in [2.75, 3.05) is 6.61 Å². The fourth-order valence-electron chi connectivity index (χ4n) is 0.710. The van der Waals surface area contributed by atoms with Crippen LogP contribution in [0.2, 0.25) is 0 Å². The van der Waals surface area contributed by atoms with E-state index in [1.807, 2.05) is 0 Å². The van der Waals surface area contributed by atoms with Gasteiger partial charge >= 0.3 is 18.9 Å². The van der Waals surface area contributed by atoms with Gasteiger partial charge in [-0.3, -0.25) is 0 Å². The van der Waals surface area contributed by atoms with Gasteiger partial charge in [-0.2, -0.15) is 0 Å². The zero-order chi connectivity index (χ0) is 5.11. The van der Waals surface area contributed by atoms with Crippen LogP contribution in [0.15, 0.2) is 0 Å². The van der Waals surface area contributed by atoms with Gasteiger partial charge in [-0.25, -0.2) is 0 Å². The molecule has 1 fully saturated rings. The number of hydrogen-bond acceptors (Lipinski definition) is 2. The summed E-state index contributed by atoms with van der Waals surface area (Å²) in [5.74, 6) is 0. The Balaban J connectivity index is 0.000000490. The summed E-state index contributed by atoms with van der Waals surface area (Å²) in [6.45, 7) is 0.767. The van der Waals surface area contributed by atoms with E-state index in [0.717, 1.165) is 25.7 Å². The van der Waals surface area contributed by atoms with Crippen LogP contribution in [0.3, 0.4) is 0 Å². The van der Waals surface area contributed by atoms with E-state index in [9.17, 15) is 4.79 Å². The molecule has 2 nitrogen and oxygen atoms in total. The van der Waals surface area contributed by atoms with Crippen LogP contribution >= 0.6 is 0 Å². The fraction of sp³-hybridized carbons (Fsp3) is 0.800. The summed E-state index contributed by atoms with van der Waals surface area (Å²) in [5, 5.41) is 0. The third-order valence-corrected chi connectivity index (χ3v) is 1.12. The Kier molecular flexibility index (Phi) is 4.26. The SMILES string of the molecule is O=CC1CCCO1.[LiH]. The first kappa shape index (κ1) is 8.23. The molecule has 1 aliphatic heterocycles. The third-order valence-electron chi connectivity index (χ3n) is 1.12. The zero-order valence-electron chi connectivity index (χ0n) is 4.09. The number of ether oxygens (including phenoxy) is 1. The molecule has 1 saturated heterocycles. The van der Waals surface area contributed by atoms with Gasteiger partial charge in [0, 0.05) is 6.61 Å². The van der Waals surface area contributed by atoms with E-state index < -0.39 is 0 Å². The summed E-state index contributed by atoms with van der Waals surface area (Å²) >= 11 is 0. The molecule has 0 spiro atoms. The van der Waals surface area contributed by atoms with E-state index in [1.165, 1.54) is 0 Å². The molecule has 1 aliphatic rings. The summed E-state index contributed by atoms with van der Waals surface area (Å²) in [6, 6.07) is 0. The second-order valence-corrected chi connectivity index (χ2v) is 1.69. The first-order valence-corrected chi connectivity index (χ1v) is 2.50. The van der Waals surface area contributed by atoms with Crippen molar-refractivity contribution in [3.63, 3.8) is 0 Å². The van der Waals surface area contributed by atoms with Crippen LogP contribution in [-0.4, -0.2) is 37.9 Å². The van der Waals surface area contributed by atoms with E-state index in [1.54, 1.807) is 0 Å². The number of rotatable bonds is 1. The van der Waals surface area contributed by atoms with E-state index in [4.69, 9.17) is 4.74 Å². The fourth-order valence-corrected chi connectivity index (χ4v) is 0.710. The average Bonchev–Trinajstić information content (AvgIpc) is 2.14. The van der Waals surface area contributed by atoms with E-state index in [0.29, 0.717) is 0 Å². The second-order valence-electron chi connectivity index (χ2n) is 1.69. The number of carbonyl (C=O) groups is 1. The van der Waals surface area contributed by atoms with Crippen LogP contribution in [0.1, 0.15) is 12.8 Å². The molecule has 0 aromatic heterocycles. The second kappa shape index (κ2) is 4.14. The minimum atomic E-state index is -0.0833. The quantitative estimate of drug-likeness (QED) is 0.341. The van der Waals surface area contributed by atoms with E-state index >= 15 is 0 Å². The molecule has 0 bridgehead atoms. The van der Waals surface area contributed by atoms with Crippen LogP contribution in [0.5, 0.6) is 0 Å². The predicted octanol–water partition coefficient (Wildman–Crippen LogP) is -0.284. The third kappa shape index (κ3) is 2.00. The number of carbonyl (C=O) groups excluding carboxylic acids is 1. The Labute approximate surface area is 60.8 Å². The van der Waals surface area contributed by atoms with Crippen molar-refractivity contribution in [3.05, 3.63) is 0 Å². The molecule has 0 N–H and O–H groups in total. The molecule has 8 heavy (non-hydrogen) atoms. The van der Waals surface area contributed by atoms with Gasteiger partial charge in [0.15, 0.2) is 0 Å². The Morgan fingerprint density at radius 3 is 2.62 bits per heavy atom. The van der Waals surface area contributed by atoms with Crippen LogP contribution in [0.25, 0.3) is 0 Å². The summed E-state index contributed by atoms with van der Waals surface area (Å²) in [4.78, 5) is 9.88. The van der Waals surface area contributed by atoms with Gasteiger partial charge in [0.2, 0.25) is 0 Å². The van der Waals surface area contributed by atoms with Crippen molar-refractivity contribution in [1.29, 1.82) is 0 Å². The zero-order valence-corrected chi connectivity index (χ0v) is 4.09. The predicted molar refractivity (Wildman–Crippen MR) is 32.2 cm³/mol. The number of aldehydes is 1. The maximum atomic E-state index is 9.88. The Morgan fingerprint density at radius 1 is 1.62 bits per heavy atom. The van der Waals surface area contributed by atoms with Gasteiger partial charge < -0.3 is 9.53 Å². The molecule has 3 heteroatoms. The van der Waals surface area contributed by atoms with Crippen molar-refractivity contribution >= 4 is 25.1 Å². The molecule has 1 heterocycles. The molecule has 1 rings (SSSR count). The van der Waals surface area contributed by atoms with Crippen LogP contribution < -0.4 is 0 Å². The Morgan fingerprint density at radius 2 is 2.38 bits per heavy atom. The molecule has 0 amide bonds. The van der Waals surface area contributed by atoms with Crippen molar-refractivity contribution < 1.29 is 9.53 Å². The number of hydrogen-bond donors (Lipinski definition) is 0. The van der Waals surface area contributed by atoms with Gasteiger partial charge in [-0.15, -0.1) is 0 Å². The van der Waals surface area contributed by atoms with Crippen LogP contribution in [-0.2, 0) is 9.53 Å². The van der Waals surface area contributed by atoms with Crippen molar-refractivity contribution in [3.8, 4) is 0 Å². The molecular formula is C5H9LiO2. The average molecular weight is 108 g/mol. The summed E-state index contributed by atoms with van der Waals surface area (Å²) in [7, 11) is 0. The van der Waals surface area contributed by atoms with Gasteiger partial charge in [0.1, 0.15) is 12.4 Å². The van der Waals surface area contributed by atoms with Gasteiger partial charge in [-0.05, 0) is 12.8 Å². The van der Waals surface area contributed by atoms with Crippen LogP contribution in [0.4, 0.5) is 0 Å². The van der Waals surface area contributed by atoms with Crippen molar-refractivity contribution in [2.24, 2.45) is 0 Å². The normalized spacial score (nSPS) is 26.8. The first-order valence-electron chi connectivity index (χ1n) is 2.50. The van der Waals surface area contributed by atoms with Crippen LogP contribution in [0, 0.1) is 0 Å². The molecule has 42 valence electrons. The molecule has 0 saturated carbocycles. The monoisotopic (exact) mass is 108 g/mol. The van der Waals surface area contributed by atoms with Gasteiger partial charge in [-0.1, -0.05) is 0 Å². The molecular weight excluding hydrogens is 99.0 g/mol. The molecule has 0 aromatic rings. The molecule has 1 atom stereocenters. The van der Waals surface area contributed by atoms with Gasteiger partial charge in [0.05, 0.1) is 0 Å². The van der Waals surface area contributed by atoms with E-state index in [-0.39, 0.29) is 25.0 Å². The molecule has 0 aliphatic carbocycles. The summed E-state index contributed by atoms with van der Waals surface area (Å²) in [5.41, 5.74) is 0. The first-order chi connectivity index (χ1) is 3.43. The minimum absolute atomic E-state index is 0. The standard InChI is InChI=1S/C5H8O2.Li.H/c6-4-5-2-1-3-7-5;;/h4-5H,1-3H2;;. The molecule has 1 unspecified atom stereocenters. The van der Waals surface area contributed by atoms with E-state index in [2.05, 4.69) is 0 Å². The Hall–Kier alpha value is 0.227. The summed E-state index contributed by atoms with van der Waals surface area (Å²) < 4.78 is 4.93. The summed E-state index contributed by atoms with van der Waals surface area (Å²) in [6.07, 6.45) is 2.75. The molecule has 0 radical (unpaired) electrons. The molecule has 0 aromatic carbocycles.